The van der Waals surface area contributed by atoms with Crippen LogP contribution in [0.2, 0.25) is 0 Å². The first kappa shape index (κ1) is 19.7. The van der Waals surface area contributed by atoms with Crippen molar-refractivity contribution in [1.29, 1.82) is 0 Å². The fourth-order valence-corrected chi connectivity index (χ4v) is 1.57. The van der Waals surface area contributed by atoms with Crippen molar-refractivity contribution in [3.05, 3.63) is 42.4 Å². The highest BCUT2D eigenvalue weighted by Crippen LogP contribution is 2.29. The number of amides is 2. The van der Waals surface area contributed by atoms with Gasteiger partial charge in [0.15, 0.2) is 6.33 Å². The number of nitrogens with one attached hydrogen (secondary N) is 1. The van der Waals surface area contributed by atoms with E-state index in [9.17, 15) is 9.59 Å². The number of carbonyl (C=O) groups is 2. The minimum absolute atomic E-state index is 0.00822. The Kier molecular flexibility index (Phi) is 8.21. The average Bonchev–Trinajstić information content (AvgIpc) is 3.13. The van der Waals surface area contributed by atoms with Crippen LogP contribution >= 0.6 is 0 Å². The summed E-state index contributed by atoms with van der Waals surface area (Å²) in [4.78, 5) is 26.5. The third-order valence-corrected chi connectivity index (χ3v) is 2.63. The number of ether oxygens (including phenoxy) is 2. The van der Waals surface area contributed by atoms with Crippen LogP contribution in [-0.2, 0) is 14.3 Å². The fraction of sp³-hybridized carbons (Fsp3) is 0.250. The molecule has 0 saturated carbocycles. The molecule has 0 aliphatic rings. The third kappa shape index (κ3) is 6.34. The molecule has 0 spiro atoms. The van der Waals surface area contributed by atoms with Crippen LogP contribution in [0.3, 0.4) is 0 Å². The van der Waals surface area contributed by atoms with Gasteiger partial charge in [-0.05, 0) is 6.07 Å². The number of methoxy groups -OCH3 is 1. The van der Waals surface area contributed by atoms with Gasteiger partial charge in [-0.1, -0.05) is 23.4 Å². The molecule has 0 aliphatic heterocycles. The summed E-state index contributed by atoms with van der Waals surface area (Å²) in [6.07, 6.45) is 3.31. The maximum absolute atomic E-state index is 11.9. The van der Waals surface area contributed by atoms with E-state index in [1.807, 2.05) is 0 Å². The van der Waals surface area contributed by atoms with E-state index in [4.69, 9.17) is 14.0 Å². The van der Waals surface area contributed by atoms with Crippen molar-refractivity contribution < 1.29 is 23.6 Å². The fourth-order valence-electron chi connectivity index (χ4n) is 1.57. The number of rotatable bonds is 6. The van der Waals surface area contributed by atoms with Crippen LogP contribution in [0.1, 0.15) is 5.56 Å². The number of nitrogens with zero attached hydrogens (tertiary/aromatic N) is 3. The van der Waals surface area contributed by atoms with Gasteiger partial charge in [0.25, 0.3) is 5.91 Å². The van der Waals surface area contributed by atoms with Gasteiger partial charge in [-0.3, -0.25) is 14.1 Å². The van der Waals surface area contributed by atoms with Crippen molar-refractivity contribution >= 4 is 17.9 Å². The topological polar surface area (TPSA) is 107 Å². The summed E-state index contributed by atoms with van der Waals surface area (Å²) in [6, 6.07) is 6.96. The smallest absolute Gasteiger partial charge is 0.422 e. The highest BCUT2D eigenvalue weighted by molar-refractivity contribution is 6.19. The molecule has 9 nitrogen and oxygen atoms in total. The second kappa shape index (κ2) is 10.4. The molecule has 2 aromatic rings. The normalized spacial score (nSPS) is 10.2. The Bertz CT molecular complexity index is 698. The summed E-state index contributed by atoms with van der Waals surface area (Å²) >= 11 is 0. The molecule has 0 bridgehead atoms. The number of likely N-dealkylation sites (N-methyl/N-ethyl adjacent to an activating group) is 1. The monoisotopic (exact) mass is 348 g/mol. The van der Waals surface area contributed by atoms with Crippen molar-refractivity contribution in [3.63, 3.8) is 0 Å². The minimum atomic E-state index is -0.298. The van der Waals surface area contributed by atoms with E-state index < -0.39 is 0 Å². The molecule has 0 unspecified atom stereocenters. The van der Waals surface area contributed by atoms with Crippen LogP contribution < -0.4 is 10.1 Å². The Morgan fingerprint density at radius 1 is 1.32 bits per heavy atom. The summed E-state index contributed by atoms with van der Waals surface area (Å²) in [7, 11) is 6.37. The van der Waals surface area contributed by atoms with Crippen LogP contribution in [0.5, 0.6) is 11.8 Å². The molecular weight excluding hydrogens is 328 g/mol. The molecule has 0 fully saturated rings. The van der Waals surface area contributed by atoms with E-state index in [1.165, 1.54) is 31.6 Å². The van der Waals surface area contributed by atoms with Crippen LogP contribution in [-0.4, -0.2) is 55.6 Å². The molecule has 1 heterocycles. The zero-order valence-electron chi connectivity index (χ0n) is 14.4. The lowest BCUT2D eigenvalue weighted by Gasteiger charge is -2.10. The number of carbonyl (C=O) groups excluding carboxylic acids is 2. The van der Waals surface area contributed by atoms with Gasteiger partial charge in [0.1, 0.15) is 5.75 Å². The van der Waals surface area contributed by atoms with Crippen LogP contribution in [0.25, 0.3) is 5.57 Å². The zero-order chi connectivity index (χ0) is 18.7. The molecule has 2 amide bonds. The van der Waals surface area contributed by atoms with E-state index in [0.717, 1.165) is 6.41 Å². The van der Waals surface area contributed by atoms with Crippen LogP contribution in [0, 0.1) is 0 Å². The number of hydrogen-bond acceptors (Lipinski definition) is 7. The first-order chi connectivity index (χ1) is 12.0. The number of benzene rings is 1. The van der Waals surface area contributed by atoms with Gasteiger partial charge in [0.2, 0.25) is 6.41 Å². The first-order valence-corrected chi connectivity index (χ1v) is 7.14. The first-order valence-electron chi connectivity index (χ1n) is 7.14. The quantitative estimate of drug-likeness (QED) is 0.476. The standard InChI is InChI=1S/C13H13N3O4.C3H7NO/c1-14-12(17)10(7-18-2)9-5-3-4-6-11(9)19-13-15-8-16-20-13;1-4(2)3-5/h3-8H,1-2H3,(H,14,17);3H,1-2H3/b10-7+;. The SMILES string of the molecule is CN(C)C=O.CNC(=O)/C(=C/OC)c1ccccc1Oc1ncno1. The Balaban J connectivity index is 0.000000550. The predicted molar refractivity (Wildman–Crippen MR) is 89.6 cm³/mol. The van der Waals surface area contributed by atoms with Gasteiger partial charge in [-0.25, -0.2) is 0 Å². The Morgan fingerprint density at radius 2 is 2.00 bits per heavy atom. The molecule has 0 atom stereocenters. The Morgan fingerprint density at radius 3 is 2.52 bits per heavy atom. The van der Waals surface area contributed by atoms with Gasteiger partial charge in [0, 0.05) is 26.7 Å². The number of para-hydroxylation sites is 1. The molecule has 134 valence electrons. The van der Waals surface area contributed by atoms with E-state index in [1.54, 1.807) is 38.4 Å². The highest BCUT2D eigenvalue weighted by Gasteiger charge is 2.17. The molecule has 9 heteroatoms. The van der Waals surface area contributed by atoms with E-state index >= 15 is 0 Å². The van der Waals surface area contributed by atoms with Crippen LogP contribution in [0.15, 0.2) is 41.4 Å². The van der Waals surface area contributed by atoms with Crippen molar-refractivity contribution in [2.24, 2.45) is 0 Å². The minimum Gasteiger partial charge on any atom is -0.504 e. The van der Waals surface area contributed by atoms with Crippen LogP contribution in [0.4, 0.5) is 0 Å². The van der Waals surface area contributed by atoms with Crippen molar-refractivity contribution in [3.8, 4) is 11.8 Å². The van der Waals surface area contributed by atoms with E-state index in [2.05, 4.69) is 15.5 Å². The largest absolute Gasteiger partial charge is 0.504 e. The van der Waals surface area contributed by atoms with Gasteiger partial charge in [-0.2, -0.15) is 4.98 Å². The maximum atomic E-state index is 11.9. The molecule has 0 saturated heterocycles. The Labute approximate surface area is 145 Å². The molecule has 0 radical (unpaired) electrons. The van der Waals surface area contributed by atoms with Gasteiger partial charge >= 0.3 is 6.08 Å². The summed E-state index contributed by atoms with van der Waals surface area (Å²) < 4.78 is 15.2. The molecule has 0 aliphatic carbocycles. The van der Waals surface area contributed by atoms with E-state index in [0.29, 0.717) is 16.9 Å². The molecule has 1 aromatic heterocycles. The summed E-state index contributed by atoms with van der Waals surface area (Å²) in [5, 5.41) is 5.99. The highest BCUT2D eigenvalue weighted by atomic mass is 16.6. The molecule has 25 heavy (non-hydrogen) atoms. The number of hydrogen-bond donors (Lipinski definition) is 1. The summed E-state index contributed by atoms with van der Waals surface area (Å²) in [5.41, 5.74) is 0.872. The summed E-state index contributed by atoms with van der Waals surface area (Å²) in [5.74, 6) is 0.108. The average molecular weight is 348 g/mol. The second-order valence-electron chi connectivity index (χ2n) is 4.72. The lowest BCUT2D eigenvalue weighted by atomic mass is 10.1. The lowest BCUT2D eigenvalue weighted by Crippen LogP contribution is -2.19. The van der Waals surface area contributed by atoms with Gasteiger partial charge < -0.3 is 19.7 Å². The molecular formula is C16H20N4O5. The molecule has 1 aromatic carbocycles. The zero-order valence-corrected chi connectivity index (χ0v) is 14.4. The third-order valence-electron chi connectivity index (χ3n) is 2.63. The maximum Gasteiger partial charge on any atom is 0.422 e. The Hall–Kier alpha value is -3.36. The van der Waals surface area contributed by atoms with Crippen molar-refractivity contribution in [2.75, 3.05) is 28.3 Å². The van der Waals surface area contributed by atoms with Crippen molar-refractivity contribution in [2.45, 2.75) is 0 Å². The summed E-state index contributed by atoms with van der Waals surface area (Å²) in [6.45, 7) is 0. The molecule has 2 rings (SSSR count). The lowest BCUT2D eigenvalue weighted by molar-refractivity contribution is -0.116. The van der Waals surface area contributed by atoms with Crippen molar-refractivity contribution in [1.82, 2.24) is 20.4 Å². The van der Waals surface area contributed by atoms with E-state index in [-0.39, 0.29) is 12.0 Å². The molecule has 1 N–H and O–H groups in total. The second-order valence-corrected chi connectivity index (χ2v) is 4.72. The van der Waals surface area contributed by atoms with Gasteiger partial charge in [-0.15, -0.1) is 0 Å². The predicted octanol–water partition coefficient (Wildman–Crippen LogP) is 1.30. The van der Waals surface area contributed by atoms with Gasteiger partial charge in [0.05, 0.1) is 18.9 Å². The number of aromatic nitrogens is 2.